The molecule has 2 aliphatic rings. The van der Waals surface area contributed by atoms with E-state index in [0.717, 1.165) is 35.6 Å². The van der Waals surface area contributed by atoms with Crippen molar-refractivity contribution in [3.63, 3.8) is 0 Å². The second kappa shape index (κ2) is 7.15. The monoisotopic (exact) mass is 364 g/mol. The van der Waals surface area contributed by atoms with Crippen LogP contribution in [0.1, 0.15) is 44.1 Å². The zero-order valence-corrected chi connectivity index (χ0v) is 15.3. The molecule has 25 heavy (non-hydrogen) atoms. The van der Waals surface area contributed by atoms with Gasteiger partial charge in [0, 0.05) is 19.5 Å². The van der Waals surface area contributed by atoms with Crippen LogP contribution < -0.4 is 0 Å². The van der Waals surface area contributed by atoms with E-state index in [1.165, 1.54) is 12.1 Å². The number of amides is 2. The molecule has 0 saturated carbocycles. The largest absolute Gasteiger partial charge is 0.341 e. The van der Waals surface area contributed by atoms with Crippen molar-refractivity contribution in [2.45, 2.75) is 56.4 Å². The van der Waals surface area contributed by atoms with Gasteiger partial charge in [-0.05, 0) is 38.3 Å². The first-order chi connectivity index (χ1) is 11.9. The molecule has 0 aromatic heterocycles. The van der Waals surface area contributed by atoms with Crippen molar-refractivity contribution in [1.82, 2.24) is 9.21 Å². The van der Waals surface area contributed by atoms with Crippen LogP contribution in [0.15, 0.2) is 29.2 Å². The van der Waals surface area contributed by atoms with Crippen LogP contribution in [-0.4, -0.2) is 48.6 Å². The van der Waals surface area contributed by atoms with Crippen molar-refractivity contribution >= 4 is 21.8 Å². The molecule has 136 valence electrons. The maximum atomic E-state index is 13.0. The van der Waals surface area contributed by atoms with Crippen LogP contribution in [0.25, 0.3) is 0 Å². The van der Waals surface area contributed by atoms with Gasteiger partial charge in [0.05, 0.1) is 4.90 Å². The van der Waals surface area contributed by atoms with Crippen molar-refractivity contribution in [3.8, 4) is 0 Å². The van der Waals surface area contributed by atoms with E-state index in [9.17, 15) is 18.0 Å². The molecule has 0 spiro atoms. The standard InChI is InChI=1S/C18H24N2O4S/c1-14-6-8-15(9-7-14)25(23,24)20-16(10-11-17(20)21)18(22)19-12-4-2-3-5-13-19/h6-9,16H,2-5,10-13H2,1H3. The lowest BCUT2D eigenvalue weighted by atomic mass is 10.2. The second-order valence-electron chi connectivity index (χ2n) is 6.80. The number of sulfonamides is 1. The van der Waals surface area contributed by atoms with Crippen LogP contribution in [0, 0.1) is 6.92 Å². The molecule has 7 heteroatoms. The fourth-order valence-corrected chi connectivity index (χ4v) is 5.11. The van der Waals surface area contributed by atoms with Crippen LogP contribution in [0.4, 0.5) is 0 Å². The van der Waals surface area contributed by atoms with Crippen LogP contribution in [0.5, 0.6) is 0 Å². The predicted molar refractivity (Wildman–Crippen MR) is 93.3 cm³/mol. The second-order valence-corrected chi connectivity index (χ2v) is 8.62. The summed E-state index contributed by atoms with van der Waals surface area (Å²) in [5.74, 6) is -0.725. The van der Waals surface area contributed by atoms with E-state index in [2.05, 4.69) is 0 Å². The molecule has 2 heterocycles. The summed E-state index contributed by atoms with van der Waals surface area (Å²) < 4.78 is 26.7. The Morgan fingerprint density at radius 2 is 1.64 bits per heavy atom. The van der Waals surface area contributed by atoms with E-state index >= 15 is 0 Å². The molecular weight excluding hydrogens is 340 g/mol. The normalized spacial score (nSPS) is 22.1. The number of rotatable bonds is 3. The number of carbonyl (C=O) groups is 2. The molecule has 2 fully saturated rings. The summed E-state index contributed by atoms with van der Waals surface area (Å²) in [6, 6.07) is 5.46. The first kappa shape index (κ1) is 17.9. The lowest BCUT2D eigenvalue weighted by Crippen LogP contribution is -2.49. The molecule has 0 bridgehead atoms. The summed E-state index contributed by atoms with van der Waals surface area (Å²) in [7, 11) is -4.01. The minimum atomic E-state index is -4.01. The van der Waals surface area contributed by atoms with Gasteiger partial charge in [-0.15, -0.1) is 0 Å². The number of hydrogen-bond donors (Lipinski definition) is 0. The highest BCUT2D eigenvalue weighted by Gasteiger charge is 2.45. The summed E-state index contributed by atoms with van der Waals surface area (Å²) in [5, 5.41) is 0. The molecule has 1 atom stereocenters. The third kappa shape index (κ3) is 3.56. The third-order valence-corrected chi connectivity index (χ3v) is 6.79. The van der Waals surface area contributed by atoms with Crippen molar-refractivity contribution < 1.29 is 18.0 Å². The van der Waals surface area contributed by atoms with Crippen LogP contribution in [0.3, 0.4) is 0 Å². The maximum Gasteiger partial charge on any atom is 0.267 e. The molecular formula is C18H24N2O4S. The summed E-state index contributed by atoms with van der Waals surface area (Å²) in [6.45, 7) is 3.15. The molecule has 3 rings (SSSR count). The van der Waals surface area contributed by atoms with Crippen LogP contribution >= 0.6 is 0 Å². The minimum absolute atomic E-state index is 0.0574. The molecule has 1 unspecified atom stereocenters. The first-order valence-electron chi connectivity index (χ1n) is 8.84. The maximum absolute atomic E-state index is 13.0. The number of benzene rings is 1. The van der Waals surface area contributed by atoms with Crippen LogP contribution in [0.2, 0.25) is 0 Å². The zero-order chi connectivity index (χ0) is 18.0. The molecule has 2 amide bonds. The Kier molecular flexibility index (Phi) is 5.13. The van der Waals surface area contributed by atoms with E-state index < -0.39 is 22.0 Å². The van der Waals surface area contributed by atoms with Crippen molar-refractivity contribution in [3.05, 3.63) is 29.8 Å². The smallest absolute Gasteiger partial charge is 0.267 e. The Morgan fingerprint density at radius 3 is 2.24 bits per heavy atom. The van der Waals surface area contributed by atoms with Crippen molar-refractivity contribution in [2.24, 2.45) is 0 Å². The van der Waals surface area contributed by atoms with Gasteiger partial charge < -0.3 is 4.90 Å². The lowest BCUT2D eigenvalue weighted by molar-refractivity contribution is -0.137. The van der Waals surface area contributed by atoms with Gasteiger partial charge >= 0.3 is 0 Å². The third-order valence-electron chi connectivity index (χ3n) is 4.94. The van der Waals surface area contributed by atoms with E-state index in [0.29, 0.717) is 13.1 Å². The highest BCUT2D eigenvalue weighted by Crippen LogP contribution is 2.29. The van der Waals surface area contributed by atoms with Gasteiger partial charge in [0.1, 0.15) is 6.04 Å². The number of hydrogen-bond acceptors (Lipinski definition) is 4. The number of aryl methyl sites for hydroxylation is 1. The summed E-state index contributed by atoms with van der Waals surface area (Å²) in [5.41, 5.74) is 0.934. The number of carbonyl (C=O) groups excluding carboxylic acids is 2. The fraction of sp³-hybridized carbons (Fsp3) is 0.556. The summed E-state index contributed by atoms with van der Waals surface area (Å²) in [6.07, 6.45) is 4.38. The van der Waals surface area contributed by atoms with Gasteiger partial charge in [0.15, 0.2) is 0 Å². The number of nitrogens with zero attached hydrogens (tertiary/aromatic N) is 2. The zero-order valence-electron chi connectivity index (χ0n) is 14.5. The highest BCUT2D eigenvalue weighted by molar-refractivity contribution is 7.89. The summed E-state index contributed by atoms with van der Waals surface area (Å²) in [4.78, 5) is 27.0. The van der Waals surface area contributed by atoms with Crippen molar-refractivity contribution in [1.29, 1.82) is 0 Å². The van der Waals surface area contributed by atoms with Gasteiger partial charge in [-0.3, -0.25) is 9.59 Å². The van der Waals surface area contributed by atoms with Gasteiger partial charge in [-0.2, -0.15) is 0 Å². The molecule has 0 N–H and O–H groups in total. The van der Waals surface area contributed by atoms with Gasteiger partial charge in [-0.1, -0.05) is 30.5 Å². The molecule has 0 aliphatic carbocycles. The van der Waals surface area contributed by atoms with E-state index in [4.69, 9.17) is 0 Å². The van der Waals surface area contributed by atoms with E-state index in [1.807, 2.05) is 6.92 Å². The predicted octanol–water partition coefficient (Wildman–Crippen LogP) is 2.08. The molecule has 6 nitrogen and oxygen atoms in total. The average molecular weight is 364 g/mol. The van der Waals surface area contributed by atoms with Gasteiger partial charge in [0.25, 0.3) is 10.0 Å². The molecule has 1 aromatic rings. The highest BCUT2D eigenvalue weighted by atomic mass is 32.2. The lowest BCUT2D eigenvalue weighted by Gasteiger charge is -2.29. The fourth-order valence-electron chi connectivity index (χ4n) is 3.51. The Hall–Kier alpha value is -1.89. The SMILES string of the molecule is Cc1ccc(S(=O)(=O)N2C(=O)CCC2C(=O)N2CCCCCC2)cc1. The number of likely N-dealkylation sites (tertiary alicyclic amines) is 1. The molecule has 2 aliphatic heterocycles. The molecule has 1 aromatic carbocycles. The quantitative estimate of drug-likeness (QED) is 0.823. The Labute approximate surface area is 148 Å². The summed E-state index contributed by atoms with van der Waals surface area (Å²) >= 11 is 0. The minimum Gasteiger partial charge on any atom is -0.341 e. The van der Waals surface area contributed by atoms with E-state index in [1.54, 1.807) is 17.0 Å². The molecule has 2 saturated heterocycles. The topological polar surface area (TPSA) is 74.8 Å². The van der Waals surface area contributed by atoms with Crippen LogP contribution in [-0.2, 0) is 19.6 Å². The van der Waals surface area contributed by atoms with Gasteiger partial charge in [-0.25, -0.2) is 12.7 Å². The Balaban J connectivity index is 1.88. The Morgan fingerprint density at radius 1 is 1.04 bits per heavy atom. The van der Waals surface area contributed by atoms with E-state index in [-0.39, 0.29) is 23.6 Å². The Bertz CT molecular complexity index is 750. The van der Waals surface area contributed by atoms with Crippen molar-refractivity contribution in [2.75, 3.05) is 13.1 Å². The average Bonchev–Trinajstić information content (AvgIpc) is 2.81. The molecule has 0 radical (unpaired) electrons. The van der Waals surface area contributed by atoms with Gasteiger partial charge in [0.2, 0.25) is 11.8 Å². The first-order valence-corrected chi connectivity index (χ1v) is 10.3.